The molecule has 3 amide bonds. The second kappa shape index (κ2) is 9.06. The Labute approximate surface area is 194 Å². The molecule has 6 nitrogen and oxygen atoms in total. The van der Waals surface area contributed by atoms with Gasteiger partial charge >= 0.3 is 0 Å². The van der Waals surface area contributed by atoms with Gasteiger partial charge in [0.2, 0.25) is 11.8 Å². The van der Waals surface area contributed by atoms with Gasteiger partial charge in [-0.2, -0.15) is 0 Å². The molecule has 170 valence electrons. The fraction of sp³-hybridized carbons (Fsp3) is 0.296. The van der Waals surface area contributed by atoms with Gasteiger partial charge in [0.05, 0.1) is 5.69 Å². The molecule has 1 heterocycles. The minimum Gasteiger partial charge on any atom is -0.352 e. The molecule has 0 aliphatic carbocycles. The Morgan fingerprint density at radius 2 is 1.67 bits per heavy atom. The first-order valence-electron chi connectivity index (χ1n) is 11.3. The Hall–Kier alpha value is -3.67. The molecule has 0 saturated carbocycles. The average molecular weight is 444 g/mol. The van der Waals surface area contributed by atoms with E-state index in [9.17, 15) is 14.4 Å². The summed E-state index contributed by atoms with van der Waals surface area (Å²) in [4.78, 5) is 42.7. The average Bonchev–Trinajstić information content (AvgIpc) is 3.05. The summed E-state index contributed by atoms with van der Waals surface area (Å²) in [7, 11) is 0. The van der Waals surface area contributed by atoms with Crippen LogP contribution in [-0.2, 0) is 16.1 Å². The van der Waals surface area contributed by atoms with E-state index in [1.54, 1.807) is 17.9 Å². The molecular weight excluding hydrogens is 414 g/mol. The molecule has 0 saturated heterocycles. The van der Waals surface area contributed by atoms with E-state index >= 15 is 0 Å². The Morgan fingerprint density at radius 3 is 2.36 bits per heavy atom. The SMILES string of the molecule is Cc1ccccc1CN(C(=O)CN1C(=O)c2cccc3cccc1c23)C(C)C(=O)NC(C)C. The van der Waals surface area contributed by atoms with E-state index < -0.39 is 6.04 Å². The Morgan fingerprint density at radius 1 is 0.970 bits per heavy atom. The van der Waals surface area contributed by atoms with Crippen molar-refractivity contribution in [2.75, 3.05) is 11.4 Å². The highest BCUT2D eigenvalue weighted by Gasteiger charge is 2.34. The minimum absolute atomic E-state index is 0.0392. The van der Waals surface area contributed by atoms with E-state index in [2.05, 4.69) is 5.32 Å². The molecule has 1 N–H and O–H groups in total. The quantitative estimate of drug-likeness (QED) is 0.599. The van der Waals surface area contributed by atoms with Crippen molar-refractivity contribution < 1.29 is 14.4 Å². The zero-order chi connectivity index (χ0) is 23.7. The highest BCUT2D eigenvalue weighted by molar-refractivity contribution is 6.26. The van der Waals surface area contributed by atoms with Gasteiger partial charge in [0.15, 0.2) is 0 Å². The van der Waals surface area contributed by atoms with Crippen molar-refractivity contribution in [3.8, 4) is 0 Å². The van der Waals surface area contributed by atoms with E-state index in [0.29, 0.717) is 5.56 Å². The van der Waals surface area contributed by atoms with E-state index in [1.165, 1.54) is 4.90 Å². The molecular formula is C27H29N3O3. The van der Waals surface area contributed by atoms with Crippen molar-refractivity contribution in [3.05, 3.63) is 77.4 Å². The zero-order valence-corrected chi connectivity index (χ0v) is 19.5. The lowest BCUT2D eigenvalue weighted by Crippen LogP contribution is -2.52. The van der Waals surface area contributed by atoms with Gasteiger partial charge in [-0.15, -0.1) is 0 Å². The molecule has 0 radical (unpaired) electrons. The number of rotatable bonds is 7. The number of anilines is 1. The van der Waals surface area contributed by atoms with Gasteiger partial charge in [0.1, 0.15) is 12.6 Å². The zero-order valence-electron chi connectivity index (χ0n) is 19.5. The van der Waals surface area contributed by atoms with E-state index in [1.807, 2.05) is 75.4 Å². The van der Waals surface area contributed by atoms with Crippen LogP contribution < -0.4 is 10.2 Å². The maximum atomic E-state index is 13.6. The van der Waals surface area contributed by atoms with E-state index in [0.717, 1.165) is 27.6 Å². The fourth-order valence-electron chi connectivity index (χ4n) is 4.32. The first-order chi connectivity index (χ1) is 15.8. The molecule has 1 unspecified atom stereocenters. The van der Waals surface area contributed by atoms with Crippen LogP contribution in [0.25, 0.3) is 10.8 Å². The third-order valence-electron chi connectivity index (χ3n) is 6.14. The first-order valence-corrected chi connectivity index (χ1v) is 11.3. The van der Waals surface area contributed by atoms with Crippen LogP contribution in [0.3, 0.4) is 0 Å². The summed E-state index contributed by atoms with van der Waals surface area (Å²) in [5, 5.41) is 4.73. The Bertz CT molecular complexity index is 1230. The number of carbonyl (C=O) groups is 3. The lowest BCUT2D eigenvalue weighted by molar-refractivity contribution is -0.139. The van der Waals surface area contributed by atoms with Gasteiger partial charge in [-0.05, 0) is 56.3 Å². The number of nitrogens with zero attached hydrogens (tertiary/aromatic N) is 2. The molecule has 6 heteroatoms. The number of nitrogens with one attached hydrogen (secondary N) is 1. The van der Waals surface area contributed by atoms with Crippen LogP contribution in [-0.4, -0.2) is 41.2 Å². The van der Waals surface area contributed by atoms with Crippen LogP contribution >= 0.6 is 0 Å². The summed E-state index contributed by atoms with van der Waals surface area (Å²) in [5.74, 6) is -0.682. The highest BCUT2D eigenvalue weighted by atomic mass is 16.2. The summed E-state index contributed by atoms with van der Waals surface area (Å²) < 4.78 is 0. The largest absolute Gasteiger partial charge is 0.352 e. The summed E-state index contributed by atoms with van der Waals surface area (Å²) in [6.07, 6.45) is 0. The Balaban J connectivity index is 1.64. The predicted octanol–water partition coefficient (Wildman–Crippen LogP) is 4.05. The normalized spacial score (nSPS) is 13.5. The standard InChI is InChI=1S/C27H29N3O3/c1-17(2)28-26(32)19(4)29(15-21-10-6-5-9-18(21)3)24(31)16-30-23-14-8-12-20-11-7-13-22(25(20)23)27(30)33/h5-14,17,19H,15-16H2,1-4H3,(H,28,32). The summed E-state index contributed by atoms with van der Waals surface area (Å²) in [6.45, 7) is 7.65. The molecule has 1 aliphatic heterocycles. The van der Waals surface area contributed by atoms with Crippen LogP contribution in [0.5, 0.6) is 0 Å². The van der Waals surface area contributed by atoms with Crippen molar-refractivity contribution in [2.24, 2.45) is 0 Å². The molecule has 1 aliphatic rings. The maximum absolute atomic E-state index is 13.6. The molecule has 3 aromatic carbocycles. The van der Waals surface area contributed by atoms with E-state index in [4.69, 9.17) is 0 Å². The molecule has 1 atom stereocenters. The molecule has 33 heavy (non-hydrogen) atoms. The molecule has 0 aromatic heterocycles. The minimum atomic E-state index is -0.685. The molecule has 3 aromatic rings. The first kappa shape index (κ1) is 22.5. The lowest BCUT2D eigenvalue weighted by atomic mass is 10.1. The van der Waals surface area contributed by atoms with Crippen LogP contribution in [0.4, 0.5) is 5.69 Å². The summed E-state index contributed by atoms with van der Waals surface area (Å²) in [6, 6.07) is 18.4. The van der Waals surface area contributed by atoms with Gasteiger partial charge < -0.3 is 10.2 Å². The van der Waals surface area contributed by atoms with Crippen molar-refractivity contribution in [3.63, 3.8) is 0 Å². The highest BCUT2D eigenvalue weighted by Crippen LogP contribution is 2.37. The topological polar surface area (TPSA) is 69.7 Å². The van der Waals surface area contributed by atoms with Crippen LogP contribution in [0.15, 0.2) is 60.7 Å². The second-order valence-corrected chi connectivity index (χ2v) is 8.86. The van der Waals surface area contributed by atoms with Crippen LogP contribution in [0, 0.1) is 6.92 Å². The lowest BCUT2D eigenvalue weighted by Gasteiger charge is -2.31. The van der Waals surface area contributed by atoms with Gasteiger partial charge in [-0.3, -0.25) is 19.3 Å². The molecule has 4 rings (SSSR count). The number of aryl methyl sites for hydroxylation is 1. The van der Waals surface area contributed by atoms with Crippen LogP contribution in [0.2, 0.25) is 0 Å². The fourth-order valence-corrected chi connectivity index (χ4v) is 4.32. The predicted molar refractivity (Wildman–Crippen MR) is 130 cm³/mol. The number of hydrogen-bond donors (Lipinski definition) is 1. The third-order valence-corrected chi connectivity index (χ3v) is 6.14. The number of hydrogen-bond acceptors (Lipinski definition) is 3. The number of amides is 3. The van der Waals surface area contributed by atoms with Gasteiger partial charge in [-0.25, -0.2) is 0 Å². The third kappa shape index (κ3) is 4.33. The van der Waals surface area contributed by atoms with Gasteiger partial charge in [-0.1, -0.05) is 48.5 Å². The molecule has 0 bridgehead atoms. The smallest absolute Gasteiger partial charge is 0.259 e. The maximum Gasteiger partial charge on any atom is 0.259 e. The second-order valence-electron chi connectivity index (χ2n) is 8.86. The van der Waals surface area contributed by atoms with Crippen molar-refractivity contribution in [1.29, 1.82) is 0 Å². The summed E-state index contributed by atoms with van der Waals surface area (Å²) in [5.41, 5.74) is 3.35. The Kier molecular flexibility index (Phi) is 6.18. The number of carbonyl (C=O) groups excluding carboxylic acids is 3. The van der Waals surface area contributed by atoms with Crippen LogP contribution in [0.1, 0.15) is 42.3 Å². The monoisotopic (exact) mass is 443 g/mol. The van der Waals surface area contributed by atoms with Crippen molar-refractivity contribution in [1.82, 2.24) is 10.2 Å². The van der Waals surface area contributed by atoms with Gasteiger partial charge in [0, 0.05) is 23.5 Å². The number of benzene rings is 3. The van der Waals surface area contributed by atoms with E-state index in [-0.39, 0.29) is 36.9 Å². The molecule has 0 fully saturated rings. The van der Waals surface area contributed by atoms with Gasteiger partial charge in [0.25, 0.3) is 5.91 Å². The summed E-state index contributed by atoms with van der Waals surface area (Å²) >= 11 is 0. The van der Waals surface area contributed by atoms with Crippen molar-refractivity contribution >= 4 is 34.2 Å². The molecule has 0 spiro atoms. The van der Waals surface area contributed by atoms with Crippen molar-refractivity contribution in [2.45, 2.75) is 46.3 Å².